The van der Waals surface area contributed by atoms with Crippen molar-refractivity contribution in [2.24, 2.45) is 0 Å². The lowest BCUT2D eigenvalue weighted by Gasteiger charge is -2.25. The summed E-state index contributed by atoms with van der Waals surface area (Å²) in [4.78, 5) is 15.4. The lowest BCUT2D eigenvalue weighted by atomic mass is 10.3. The summed E-state index contributed by atoms with van der Waals surface area (Å²) >= 11 is 1.78. The van der Waals surface area contributed by atoms with Crippen LogP contribution in [0.5, 0.6) is 0 Å². The van der Waals surface area contributed by atoms with Gasteiger partial charge in [-0.1, -0.05) is 0 Å². The highest BCUT2D eigenvalue weighted by Gasteiger charge is 2.15. The van der Waals surface area contributed by atoms with Gasteiger partial charge < -0.3 is 4.90 Å². The molecule has 92 valence electrons. The van der Waals surface area contributed by atoms with Gasteiger partial charge in [-0.3, -0.25) is 9.69 Å². The molecule has 0 aliphatic heterocycles. The van der Waals surface area contributed by atoms with E-state index in [-0.39, 0.29) is 5.91 Å². The number of rotatable bonds is 7. The van der Waals surface area contributed by atoms with Crippen molar-refractivity contribution in [1.29, 1.82) is 5.26 Å². The Morgan fingerprint density at radius 3 is 2.62 bits per heavy atom. The van der Waals surface area contributed by atoms with E-state index in [0.717, 1.165) is 5.75 Å². The van der Waals surface area contributed by atoms with Gasteiger partial charge in [0.1, 0.15) is 0 Å². The third kappa shape index (κ3) is 5.99. The summed E-state index contributed by atoms with van der Waals surface area (Å²) in [6, 6.07) is 2.43. The highest BCUT2D eigenvalue weighted by Crippen LogP contribution is 2.03. The molecular formula is C11H21N3OS. The van der Waals surface area contributed by atoms with E-state index in [4.69, 9.17) is 5.26 Å². The number of likely N-dealkylation sites (N-methyl/N-ethyl adjacent to an activating group) is 2. The van der Waals surface area contributed by atoms with E-state index in [1.807, 2.05) is 18.0 Å². The molecule has 0 saturated carbocycles. The zero-order valence-electron chi connectivity index (χ0n) is 10.6. The maximum absolute atomic E-state index is 11.7. The first-order valence-electron chi connectivity index (χ1n) is 5.33. The lowest BCUT2D eigenvalue weighted by Crippen LogP contribution is -2.41. The molecule has 0 aromatic carbocycles. The first-order chi connectivity index (χ1) is 7.52. The molecule has 0 radical (unpaired) electrons. The Labute approximate surface area is 103 Å². The van der Waals surface area contributed by atoms with Crippen molar-refractivity contribution in [3.05, 3.63) is 0 Å². The molecule has 16 heavy (non-hydrogen) atoms. The minimum atomic E-state index is 0.0747. The van der Waals surface area contributed by atoms with Crippen LogP contribution in [0, 0.1) is 11.3 Å². The summed E-state index contributed by atoms with van der Waals surface area (Å²) in [5, 5.41) is 8.44. The number of nitrogens with zero attached hydrogens (tertiary/aromatic N) is 3. The molecule has 4 nitrogen and oxygen atoms in total. The number of thioether (sulfide) groups is 1. The largest absolute Gasteiger partial charge is 0.344 e. The third-order valence-electron chi connectivity index (χ3n) is 2.53. The van der Waals surface area contributed by atoms with Gasteiger partial charge in [0.05, 0.1) is 19.0 Å². The number of carbonyl (C=O) groups excluding carboxylic acids is 1. The van der Waals surface area contributed by atoms with Crippen LogP contribution in [0.25, 0.3) is 0 Å². The normalized spacial score (nSPS) is 12.2. The maximum atomic E-state index is 11.7. The third-order valence-corrected chi connectivity index (χ3v) is 3.35. The van der Waals surface area contributed by atoms with E-state index in [1.165, 1.54) is 0 Å². The number of hydrogen-bond donors (Lipinski definition) is 0. The summed E-state index contributed by atoms with van der Waals surface area (Å²) < 4.78 is 0. The molecule has 0 saturated heterocycles. The Balaban J connectivity index is 3.98. The van der Waals surface area contributed by atoms with Gasteiger partial charge in [-0.05, 0) is 20.2 Å². The Morgan fingerprint density at radius 2 is 2.12 bits per heavy atom. The quantitative estimate of drug-likeness (QED) is 0.670. The second-order valence-electron chi connectivity index (χ2n) is 3.94. The highest BCUT2D eigenvalue weighted by molar-refractivity contribution is 7.98. The van der Waals surface area contributed by atoms with E-state index in [0.29, 0.717) is 25.6 Å². The molecule has 0 fully saturated rings. The van der Waals surface area contributed by atoms with Crippen LogP contribution in [0.1, 0.15) is 13.3 Å². The molecule has 0 aromatic rings. The number of amides is 1. The standard InChI is InChI=1S/C11H21N3OS/c1-10(9-16-4)14(3)8-11(15)13(2)7-5-6-12/h10H,5,7-9H2,1-4H3. The Kier molecular flexibility index (Phi) is 8.04. The van der Waals surface area contributed by atoms with Crippen molar-refractivity contribution in [2.45, 2.75) is 19.4 Å². The second kappa shape index (κ2) is 8.43. The van der Waals surface area contributed by atoms with E-state index < -0.39 is 0 Å². The van der Waals surface area contributed by atoms with Gasteiger partial charge in [-0.25, -0.2) is 0 Å². The molecule has 0 spiro atoms. The fraction of sp³-hybridized carbons (Fsp3) is 0.818. The molecule has 0 aromatic heterocycles. The van der Waals surface area contributed by atoms with Crippen molar-refractivity contribution in [3.8, 4) is 6.07 Å². The second-order valence-corrected chi connectivity index (χ2v) is 4.85. The molecule has 5 heteroatoms. The van der Waals surface area contributed by atoms with Crippen LogP contribution in [-0.4, -0.2) is 60.9 Å². The zero-order chi connectivity index (χ0) is 12.6. The van der Waals surface area contributed by atoms with Crippen LogP contribution in [0.2, 0.25) is 0 Å². The van der Waals surface area contributed by atoms with Crippen LogP contribution in [0.3, 0.4) is 0 Å². The van der Waals surface area contributed by atoms with Gasteiger partial charge in [0.25, 0.3) is 0 Å². The smallest absolute Gasteiger partial charge is 0.236 e. The molecule has 1 atom stereocenters. The molecule has 0 rings (SSSR count). The van der Waals surface area contributed by atoms with Crippen molar-refractivity contribution < 1.29 is 4.79 Å². The molecule has 0 heterocycles. The van der Waals surface area contributed by atoms with Crippen LogP contribution in [0.4, 0.5) is 0 Å². The fourth-order valence-electron chi connectivity index (χ4n) is 1.20. The maximum Gasteiger partial charge on any atom is 0.236 e. The number of carbonyl (C=O) groups is 1. The van der Waals surface area contributed by atoms with Gasteiger partial charge in [-0.15, -0.1) is 0 Å². The summed E-state index contributed by atoms with van der Waals surface area (Å²) in [6.45, 7) is 3.04. The average molecular weight is 243 g/mol. The Hall–Kier alpha value is -0.730. The van der Waals surface area contributed by atoms with E-state index in [1.54, 1.807) is 23.7 Å². The molecule has 0 aliphatic rings. The van der Waals surface area contributed by atoms with Crippen molar-refractivity contribution in [2.75, 3.05) is 39.2 Å². The molecular weight excluding hydrogens is 222 g/mol. The number of hydrogen-bond acceptors (Lipinski definition) is 4. The summed E-state index contributed by atoms with van der Waals surface area (Å²) in [6.07, 6.45) is 2.46. The van der Waals surface area contributed by atoms with Gasteiger partial charge >= 0.3 is 0 Å². The van der Waals surface area contributed by atoms with E-state index >= 15 is 0 Å². The van der Waals surface area contributed by atoms with E-state index in [2.05, 4.69) is 13.2 Å². The minimum Gasteiger partial charge on any atom is -0.344 e. The molecule has 0 bridgehead atoms. The molecule has 0 N–H and O–H groups in total. The van der Waals surface area contributed by atoms with E-state index in [9.17, 15) is 4.79 Å². The van der Waals surface area contributed by atoms with Crippen LogP contribution in [0.15, 0.2) is 0 Å². The van der Waals surface area contributed by atoms with Gasteiger partial charge in [0.15, 0.2) is 0 Å². The van der Waals surface area contributed by atoms with Crippen LogP contribution in [-0.2, 0) is 4.79 Å². The summed E-state index contributed by atoms with van der Waals surface area (Å²) in [7, 11) is 3.70. The van der Waals surface area contributed by atoms with Crippen molar-refractivity contribution >= 4 is 17.7 Å². The topological polar surface area (TPSA) is 47.3 Å². The first kappa shape index (κ1) is 15.3. The Morgan fingerprint density at radius 1 is 1.50 bits per heavy atom. The van der Waals surface area contributed by atoms with Gasteiger partial charge in [-0.2, -0.15) is 17.0 Å². The van der Waals surface area contributed by atoms with Crippen LogP contribution < -0.4 is 0 Å². The minimum absolute atomic E-state index is 0.0747. The molecule has 1 unspecified atom stereocenters. The zero-order valence-corrected chi connectivity index (χ0v) is 11.4. The predicted octanol–water partition coefficient (Wildman–Crippen LogP) is 1.04. The fourth-order valence-corrected chi connectivity index (χ4v) is 1.94. The lowest BCUT2D eigenvalue weighted by molar-refractivity contribution is -0.131. The molecule has 0 aliphatic carbocycles. The predicted molar refractivity (Wildman–Crippen MR) is 68.3 cm³/mol. The monoisotopic (exact) mass is 243 g/mol. The SMILES string of the molecule is CSCC(C)N(C)CC(=O)N(C)CCC#N. The van der Waals surface area contributed by atoms with Crippen molar-refractivity contribution in [1.82, 2.24) is 9.80 Å². The Bertz CT molecular complexity index is 252. The van der Waals surface area contributed by atoms with Crippen molar-refractivity contribution in [3.63, 3.8) is 0 Å². The highest BCUT2D eigenvalue weighted by atomic mass is 32.2. The molecule has 1 amide bonds. The summed E-state index contributed by atoms with van der Waals surface area (Å²) in [5.41, 5.74) is 0. The first-order valence-corrected chi connectivity index (χ1v) is 6.72. The van der Waals surface area contributed by atoms with Gasteiger partial charge in [0.2, 0.25) is 5.91 Å². The number of nitriles is 1. The van der Waals surface area contributed by atoms with Crippen LogP contribution >= 0.6 is 11.8 Å². The summed E-state index contributed by atoms with van der Waals surface area (Å²) in [5.74, 6) is 1.09. The van der Waals surface area contributed by atoms with Gasteiger partial charge in [0, 0.05) is 25.4 Å². The average Bonchev–Trinajstić information content (AvgIpc) is 2.25.